The Kier molecular flexibility index (Phi) is 21.6. The molecule has 2 aliphatic heterocycles. The van der Waals surface area contributed by atoms with Crippen LogP contribution in [-0.2, 0) is 60.0 Å². The lowest BCUT2D eigenvalue weighted by molar-refractivity contribution is -0.112. The number of nitrogens with zero attached hydrogens (tertiary/aromatic N) is 2. The van der Waals surface area contributed by atoms with Crippen molar-refractivity contribution in [3.63, 3.8) is 0 Å². The molecule has 104 heavy (non-hydrogen) atoms. The van der Waals surface area contributed by atoms with Crippen molar-refractivity contribution < 1.29 is 38.4 Å². The second-order valence-electron chi connectivity index (χ2n) is 28.8. The summed E-state index contributed by atoms with van der Waals surface area (Å²) in [6.45, 7) is 54.1. The van der Waals surface area contributed by atoms with Crippen molar-refractivity contribution in [1.82, 2.24) is 19.9 Å². The number of amides is 8. The zero-order valence-electron chi connectivity index (χ0n) is 60.7. The fourth-order valence-corrected chi connectivity index (χ4v) is 11.9. The van der Waals surface area contributed by atoms with Crippen molar-refractivity contribution in [3.8, 4) is 44.5 Å². The first-order valence-electron chi connectivity index (χ1n) is 33.4. The number of carbonyl (C=O) groups is 8. The van der Waals surface area contributed by atoms with Gasteiger partial charge in [0.25, 0.3) is 0 Å². The number of aromatic amines is 2. The van der Waals surface area contributed by atoms with Gasteiger partial charge in [0.2, 0.25) is 47.3 Å². The molecule has 0 saturated carbocycles. The molecule has 8 amide bonds. The molecule has 0 spiro atoms. The Morgan fingerprint density at radius 1 is 0.269 bits per heavy atom. The van der Waals surface area contributed by atoms with Crippen LogP contribution in [0.5, 0.6) is 0 Å². The predicted octanol–water partition coefficient (Wildman–Crippen LogP) is 17.5. The largest absolute Gasteiger partial charge is 0.354 e. The standard InChI is InChI=1S/C84H86N12O8/c1-21-65(97)89-57-37-45(81(9,10)11)38-58(90-66(98)22-2)77(57)73-49-29-31-51(85-49)74(78-59(91-67(99)23-3)39-46(82(12,13)14)40-60(78)92-68(100)24-4)53-33-35-55(87-53)76(80-63(95-71(103)27-7)43-48(84(18,19)20)44-64(80)96-72(104)28-8)56-36-34-54(88-56)75(52-32-30-50(73)86-52)79-61(93-69(101)25-5)41-47(83(15,16)17)42-62(79)94-70(102)26-6/h21-44,85,88H,1-8H2,9-20H3,(H,89,97)(H,90,98)(H,91,99)(H,92,100)(H,93,101)(H,94,102)(H,95,103)(H,96,104). The first kappa shape index (κ1) is 75.4. The summed E-state index contributed by atoms with van der Waals surface area (Å²) in [6.07, 6.45) is 15.9. The van der Waals surface area contributed by atoms with Crippen LogP contribution in [0.2, 0.25) is 0 Å². The molecule has 0 aliphatic carbocycles. The topological polar surface area (TPSA) is 290 Å². The molecule has 0 saturated heterocycles. The van der Waals surface area contributed by atoms with E-state index in [0.29, 0.717) is 44.3 Å². The average Bonchev–Trinajstić information content (AvgIpc) is 1.52. The lowest BCUT2D eigenvalue weighted by Crippen LogP contribution is -2.17. The SMILES string of the molecule is C=CC(=O)Nc1cc(C(C)(C)C)cc(NC(=O)C=C)c1-c1c2nc(c(-c3c(NC(=O)C=C)cc(C(C)(C)C)cc3NC(=O)C=C)c3ccc([nH]3)c(-c3c(NC(=O)C=C)cc(C(C)(C)C)cc3NC(=O)C=C)c3nc(c(-c4c(NC(=O)C=C)cc(C(C)(C)C)cc4NC(=O)C=C)c4ccc1[nH]4)C=C3)C=C2. The smallest absolute Gasteiger partial charge is 0.247 e. The van der Waals surface area contributed by atoms with Crippen molar-refractivity contribution in [2.75, 3.05) is 42.5 Å². The van der Waals surface area contributed by atoms with E-state index in [-0.39, 0.29) is 113 Å². The van der Waals surface area contributed by atoms with Crippen LogP contribution in [0.25, 0.3) is 90.9 Å². The number of rotatable bonds is 20. The van der Waals surface area contributed by atoms with Gasteiger partial charge in [0, 0.05) is 66.6 Å². The van der Waals surface area contributed by atoms with Gasteiger partial charge in [-0.3, -0.25) is 38.4 Å². The lowest BCUT2D eigenvalue weighted by Gasteiger charge is -2.25. The van der Waals surface area contributed by atoms with Gasteiger partial charge in [0.15, 0.2) is 0 Å². The van der Waals surface area contributed by atoms with E-state index in [9.17, 15) is 38.4 Å². The Hall–Kier alpha value is -12.8. The van der Waals surface area contributed by atoms with Crippen molar-refractivity contribution in [2.45, 2.75) is 105 Å². The highest BCUT2D eigenvalue weighted by Gasteiger charge is 2.32. The van der Waals surface area contributed by atoms with E-state index in [1.165, 1.54) is 0 Å². The Morgan fingerprint density at radius 3 is 0.538 bits per heavy atom. The highest BCUT2D eigenvalue weighted by atomic mass is 16.2. The summed E-state index contributed by atoms with van der Waals surface area (Å²) in [7, 11) is 0. The van der Waals surface area contributed by atoms with Crippen LogP contribution in [0, 0.1) is 0 Å². The number of anilines is 8. The molecule has 20 nitrogen and oxygen atoms in total. The van der Waals surface area contributed by atoms with Crippen molar-refractivity contribution in [2.24, 2.45) is 0 Å². The average molecular weight is 1390 g/mol. The van der Waals surface area contributed by atoms with Gasteiger partial charge in [-0.05, 0) is 190 Å². The van der Waals surface area contributed by atoms with Crippen LogP contribution in [0.1, 0.15) is 128 Å². The summed E-state index contributed by atoms with van der Waals surface area (Å²) < 4.78 is 0. The summed E-state index contributed by atoms with van der Waals surface area (Å²) in [6, 6.07) is 21.5. The third kappa shape index (κ3) is 16.1. The molecule has 9 rings (SSSR count). The van der Waals surface area contributed by atoms with Gasteiger partial charge in [-0.1, -0.05) is 136 Å². The third-order valence-corrected chi connectivity index (χ3v) is 17.3. The van der Waals surface area contributed by atoms with Crippen LogP contribution in [-0.4, -0.2) is 67.2 Å². The molecule has 5 heterocycles. The molecule has 0 unspecified atom stereocenters. The van der Waals surface area contributed by atoms with Gasteiger partial charge < -0.3 is 52.5 Å². The van der Waals surface area contributed by atoms with Gasteiger partial charge in [-0.25, -0.2) is 9.97 Å². The molecule has 2 aliphatic rings. The highest BCUT2D eigenvalue weighted by molar-refractivity contribution is 6.17. The number of hydrogen-bond donors (Lipinski definition) is 10. The predicted molar refractivity (Wildman–Crippen MR) is 426 cm³/mol. The van der Waals surface area contributed by atoms with Crippen LogP contribution in [0.4, 0.5) is 45.5 Å². The molecule has 0 fully saturated rings. The normalized spacial score (nSPS) is 11.8. The number of carbonyl (C=O) groups excluding carboxylic acids is 8. The van der Waals surface area contributed by atoms with Gasteiger partial charge in [-0.2, -0.15) is 0 Å². The zero-order chi connectivity index (χ0) is 76.2. The number of hydrogen-bond acceptors (Lipinski definition) is 10. The second kappa shape index (κ2) is 29.8. The summed E-state index contributed by atoms with van der Waals surface area (Å²) in [5.41, 5.74) is 6.29. The number of fused-ring (bicyclic) bond motifs is 8. The number of nitrogens with one attached hydrogen (secondary N) is 10. The highest BCUT2D eigenvalue weighted by Crippen LogP contribution is 2.51. The zero-order valence-corrected chi connectivity index (χ0v) is 60.7. The van der Waals surface area contributed by atoms with Gasteiger partial charge >= 0.3 is 0 Å². The minimum atomic E-state index is -0.599. The maximum Gasteiger partial charge on any atom is 0.247 e. The van der Waals surface area contributed by atoms with Crippen LogP contribution in [0.15, 0.2) is 174 Å². The summed E-state index contributed by atoms with van der Waals surface area (Å²) >= 11 is 0. The van der Waals surface area contributed by atoms with E-state index in [1.54, 1.807) is 97.1 Å². The fraction of sp³-hybridized carbons (Fsp3) is 0.190. The molecular formula is C84H86N12O8. The first-order valence-corrected chi connectivity index (χ1v) is 33.4. The van der Waals surface area contributed by atoms with E-state index in [2.05, 4.69) is 105 Å². The summed E-state index contributed by atoms with van der Waals surface area (Å²) in [4.78, 5) is 131. The lowest BCUT2D eigenvalue weighted by atomic mass is 9.84. The Balaban J connectivity index is 1.71. The van der Waals surface area contributed by atoms with Crippen molar-refractivity contribution in [1.29, 1.82) is 0 Å². The molecule has 20 heteroatoms. The van der Waals surface area contributed by atoms with E-state index in [1.807, 2.05) is 83.1 Å². The van der Waals surface area contributed by atoms with Crippen molar-refractivity contribution >= 4 is 139 Å². The van der Waals surface area contributed by atoms with E-state index < -0.39 is 68.9 Å². The Morgan fingerprint density at radius 2 is 0.413 bits per heavy atom. The summed E-state index contributed by atoms with van der Waals surface area (Å²) in [5.74, 6) is -4.79. The number of benzene rings is 4. The maximum absolute atomic E-state index is 14.0. The quantitative estimate of drug-likeness (QED) is 0.0322. The fourth-order valence-electron chi connectivity index (χ4n) is 11.9. The molecule has 530 valence electrons. The number of H-pyrrole nitrogens is 2. The molecule has 4 aromatic carbocycles. The maximum atomic E-state index is 14.0. The minimum absolute atomic E-state index is 0.214. The van der Waals surface area contributed by atoms with E-state index in [0.717, 1.165) is 48.6 Å². The molecule has 3 aromatic heterocycles. The summed E-state index contributed by atoms with van der Waals surface area (Å²) in [5, 5.41) is 24.3. The van der Waals surface area contributed by atoms with E-state index >= 15 is 0 Å². The molecule has 10 N–H and O–H groups in total. The van der Waals surface area contributed by atoms with Gasteiger partial charge in [0.05, 0.1) is 68.3 Å². The molecule has 8 bridgehead atoms. The van der Waals surface area contributed by atoms with Gasteiger partial charge in [-0.15, -0.1) is 0 Å². The molecule has 0 radical (unpaired) electrons. The van der Waals surface area contributed by atoms with Crippen LogP contribution in [0.3, 0.4) is 0 Å². The first-order chi connectivity index (χ1) is 49.0. The Labute approximate surface area is 605 Å². The van der Waals surface area contributed by atoms with Crippen LogP contribution >= 0.6 is 0 Å². The van der Waals surface area contributed by atoms with Crippen LogP contribution < -0.4 is 42.5 Å². The second-order valence-corrected chi connectivity index (χ2v) is 28.8. The van der Waals surface area contributed by atoms with Gasteiger partial charge in [0.1, 0.15) is 0 Å². The third-order valence-electron chi connectivity index (χ3n) is 17.3. The number of aromatic nitrogens is 4. The molecule has 7 aromatic rings. The van der Waals surface area contributed by atoms with E-state index in [4.69, 9.17) is 9.97 Å². The van der Waals surface area contributed by atoms with Crippen molar-refractivity contribution in [3.05, 3.63) is 219 Å². The monoisotopic (exact) mass is 1390 g/mol. The molecular weight excluding hydrogens is 1300 g/mol. The minimum Gasteiger partial charge on any atom is -0.354 e. The molecule has 0 atom stereocenters. The Bertz CT molecular complexity index is 4370.